The quantitative estimate of drug-likeness (QED) is 0.265. The lowest BCUT2D eigenvalue weighted by Gasteiger charge is -2.11. The van der Waals surface area contributed by atoms with Gasteiger partial charge in [0.05, 0.1) is 30.2 Å². The lowest BCUT2D eigenvalue weighted by Crippen LogP contribution is -2.20. The van der Waals surface area contributed by atoms with Crippen LogP contribution in [0.25, 0.3) is 0 Å². The zero-order valence-electron chi connectivity index (χ0n) is 18.9. The van der Waals surface area contributed by atoms with Crippen molar-refractivity contribution in [2.45, 2.75) is 33.9 Å². The van der Waals surface area contributed by atoms with E-state index in [1.807, 2.05) is 30.7 Å². The molecular weight excluding hydrogens is 511 g/mol. The topological polar surface area (TPSA) is 59.7 Å². The van der Waals surface area contributed by atoms with E-state index in [9.17, 15) is 0 Å². The minimum Gasteiger partial charge on any atom is -0.329 e. The summed E-state index contributed by atoms with van der Waals surface area (Å²) in [5, 5.41) is 17.4. The molecule has 2 heterocycles. The van der Waals surface area contributed by atoms with E-state index in [4.69, 9.17) is 47.0 Å². The molecule has 4 aromatic rings. The van der Waals surface area contributed by atoms with Gasteiger partial charge in [0.15, 0.2) is 10.9 Å². The highest BCUT2D eigenvalue weighted by molar-refractivity contribution is 7.80. The largest absolute Gasteiger partial charge is 0.329 e. The van der Waals surface area contributed by atoms with Crippen LogP contribution < -0.4 is 10.6 Å². The van der Waals surface area contributed by atoms with E-state index in [1.165, 1.54) is 11.1 Å². The molecular formula is C24H23Cl3N6S. The molecule has 0 aliphatic rings. The van der Waals surface area contributed by atoms with Crippen molar-refractivity contribution in [3.8, 4) is 0 Å². The number of thiocarbonyl (C=S) groups is 1. The van der Waals surface area contributed by atoms with Crippen LogP contribution in [-0.2, 0) is 13.1 Å². The highest BCUT2D eigenvalue weighted by Crippen LogP contribution is 2.27. The highest BCUT2D eigenvalue weighted by Gasteiger charge is 2.16. The molecule has 0 fully saturated rings. The van der Waals surface area contributed by atoms with E-state index >= 15 is 0 Å². The molecule has 0 bridgehead atoms. The maximum Gasteiger partial charge on any atom is 0.176 e. The van der Waals surface area contributed by atoms with E-state index in [-0.39, 0.29) is 0 Å². The van der Waals surface area contributed by atoms with Crippen molar-refractivity contribution < 1.29 is 0 Å². The number of anilines is 2. The van der Waals surface area contributed by atoms with Gasteiger partial charge in [-0.15, -0.1) is 0 Å². The first-order valence-corrected chi connectivity index (χ1v) is 12.1. The Morgan fingerprint density at radius 1 is 0.882 bits per heavy atom. The van der Waals surface area contributed by atoms with Crippen LogP contribution in [0.15, 0.2) is 48.7 Å². The molecule has 2 aromatic carbocycles. The Balaban J connectivity index is 1.46. The maximum atomic E-state index is 6.39. The maximum absolute atomic E-state index is 6.39. The average molecular weight is 534 g/mol. The summed E-state index contributed by atoms with van der Waals surface area (Å²) in [6.07, 6.45) is 1.70. The van der Waals surface area contributed by atoms with Gasteiger partial charge < -0.3 is 10.6 Å². The molecule has 0 radical (unpaired) electrons. The SMILES string of the molecule is Cc1ccccc1Cn1nc(C)c(NC(=S)Nc2nn(Cc3c(Cl)cccc3Cl)cc2Cl)c1C. The van der Waals surface area contributed by atoms with Gasteiger partial charge in [0.25, 0.3) is 0 Å². The van der Waals surface area contributed by atoms with Crippen LogP contribution >= 0.6 is 47.0 Å². The fraction of sp³-hybridized carbons (Fsp3) is 0.208. The van der Waals surface area contributed by atoms with Gasteiger partial charge in [0.2, 0.25) is 0 Å². The van der Waals surface area contributed by atoms with E-state index in [0.717, 1.165) is 22.6 Å². The Labute approximate surface area is 218 Å². The second kappa shape index (κ2) is 10.4. The highest BCUT2D eigenvalue weighted by atomic mass is 35.5. The van der Waals surface area contributed by atoms with Crippen LogP contribution in [0.3, 0.4) is 0 Å². The molecule has 0 amide bonds. The number of nitrogens with one attached hydrogen (secondary N) is 2. The summed E-state index contributed by atoms with van der Waals surface area (Å²) in [4.78, 5) is 0. The predicted octanol–water partition coefficient (Wildman–Crippen LogP) is 6.87. The molecule has 176 valence electrons. The lowest BCUT2D eigenvalue weighted by molar-refractivity contribution is 0.657. The second-order valence-corrected chi connectivity index (χ2v) is 9.56. The Bertz CT molecular complexity index is 1340. The zero-order valence-corrected chi connectivity index (χ0v) is 21.9. The van der Waals surface area contributed by atoms with Crippen LogP contribution in [-0.4, -0.2) is 24.7 Å². The van der Waals surface area contributed by atoms with Crippen molar-refractivity contribution in [3.63, 3.8) is 0 Å². The van der Waals surface area contributed by atoms with Crippen LogP contribution in [0.4, 0.5) is 11.5 Å². The van der Waals surface area contributed by atoms with Crippen LogP contribution in [0.2, 0.25) is 15.1 Å². The molecule has 0 aliphatic heterocycles. The van der Waals surface area contributed by atoms with Gasteiger partial charge >= 0.3 is 0 Å². The number of hydrogen-bond acceptors (Lipinski definition) is 3. The molecule has 0 saturated heterocycles. The minimum atomic E-state index is 0.365. The predicted molar refractivity (Wildman–Crippen MR) is 145 cm³/mol. The molecule has 0 atom stereocenters. The third-order valence-electron chi connectivity index (χ3n) is 5.53. The molecule has 0 spiro atoms. The monoisotopic (exact) mass is 532 g/mol. The average Bonchev–Trinajstić information content (AvgIpc) is 3.25. The first kappa shape index (κ1) is 24.5. The molecule has 4 rings (SSSR count). The third-order valence-corrected chi connectivity index (χ3v) is 6.72. The van der Waals surface area contributed by atoms with Crippen molar-refractivity contribution in [2.75, 3.05) is 10.6 Å². The van der Waals surface area contributed by atoms with Crippen molar-refractivity contribution in [2.24, 2.45) is 0 Å². The van der Waals surface area contributed by atoms with Crippen molar-refractivity contribution in [1.29, 1.82) is 0 Å². The van der Waals surface area contributed by atoms with Gasteiger partial charge in [-0.2, -0.15) is 10.2 Å². The molecule has 0 unspecified atom stereocenters. The van der Waals surface area contributed by atoms with Crippen LogP contribution in [0.1, 0.15) is 28.1 Å². The lowest BCUT2D eigenvalue weighted by atomic mass is 10.1. The summed E-state index contributed by atoms with van der Waals surface area (Å²) in [7, 11) is 0. The Morgan fingerprint density at radius 3 is 2.29 bits per heavy atom. The molecule has 6 nitrogen and oxygen atoms in total. The Morgan fingerprint density at radius 2 is 1.59 bits per heavy atom. The van der Waals surface area contributed by atoms with E-state index in [1.54, 1.807) is 29.1 Å². The number of halogens is 3. The Hall–Kier alpha value is -2.58. The van der Waals surface area contributed by atoms with Gasteiger partial charge in [0.1, 0.15) is 5.02 Å². The number of hydrogen-bond donors (Lipinski definition) is 2. The third kappa shape index (κ3) is 5.39. The molecule has 10 heteroatoms. The molecule has 34 heavy (non-hydrogen) atoms. The van der Waals surface area contributed by atoms with Crippen molar-refractivity contribution >= 4 is 63.6 Å². The van der Waals surface area contributed by atoms with Gasteiger partial charge in [-0.25, -0.2) is 0 Å². The van der Waals surface area contributed by atoms with Crippen LogP contribution in [0.5, 0.6) is 0 Å². The van der Waals surface area contributed by atoms with Gasteiger partial charge in [-0.05, 0) is 56.2 Å². The summed E-state index contributed by atoms with van der Waals surface area (Å²) in [5.41, 5.74) is 5.89. The number of nitrogens with zero attached hydrogens (tertiary/aromatic N) is 4. The molecule has 0 saturated carbocycles. The summed E-state index contributed by atoms with van der Waals surface area (Å²) in [6, 6.07) is 13.7. The first-order chi connectivity index (χ1) is 16.2. The zero-order chi connectivity index (χ0) is 24.4. The van der Waals surface area contributed by atoms with E-state index < -0.39 is 0 Å². The molecule has 2 N–H and O–H groups in total. The summed E-state index contributed by atoms with van der Waals surface area (Å²) in [6.45, 7) is 7.12. The summed E-state index contributed by atoms with van der Waals surface area (Å²) < 4.78 is 3.63. The van der Waals surface area contributed by atoms with E-state index in [0.29, 0.717) is 39.1 Å². The first-order valence-electron chi connectivity index (χ1n) is 10.5. The summed E-state index contributed by atoms with van der Waals surface area (Å²) >= 11 is 24.5. The smallest absolute Gasteiger partial charge is 0.176 e. The number of benzene rings is 2. The van der Waals surface area contributed by atoms with Crippen molar-refractivity contribution in [3.05, 3.63) is 91.8 Å². The molecule has 2 aromatic heterocycles. The fourth-order valence-corrected chi connectivity index (χ4v) is 4.55. The standard InChI is InChI=1S/C24H23Cl3N6S/c1-14-7-4-5-8-17(14)11-33-16(3)22(15(2)30-33)28-24(34)29-23-21(27)13-32(31-23)12-18-19(25)9-6-10-20(18)26/h4-10,13H,11-12H2,1-3H3,(H2,28,29,31,34). The van der Waals surface area contributed by atoms with E-state index in [2.05, 4.69) is 39.9 Å². The van der Waals surface area contributed by atoms with Crippen LogP contribution in [0, 0.1) is 20.8 Å². The second-order valence-electron chi connectivity index (χ2n) is 7.93. The van der Waals surface area contributed by atoms with Crippen molar-refractivity contribution in [1.82, 2.24) is 19.6 Å². The van der Waals surface area contributed by atoms with Gasteiger partial charge in [0, 0.05) is 21.8 Å². The fourth-order valence-electron chi connectivity index (χ4n) is 3.64. The summed E-state index contributed by atoms with van der Waals surface area (Å²) in [5.74, 6) is 0.435. The Kier molecular flexibility index (Phi) is 7.48. The number of aryl methyl sites for hydroxylation is 2. The molecule has 0 aliphatic carbocycles. The number of aromatic nitrogens is 4. The van der Waals surface area contributed by atoms with Gasteiger partial charge in [-0.3, -0.25) is 9.36 Å². The number of rotatable bonds is 6. The minimum absolute atomic E-state index is 0.365. The van der Waals surface area contributed by atoms with Gasteiger partial charge in [-0.1, -0.05) is 65.1 Å². The normalized spacial score (nSPS) is 11.0.